The second-order valence-corrected chi connectivity index (χ2v) is 7.73. The lowest BCUT2D eigenvalue weighted by atomic mass is 10.0. The fourth-order valence-electron chi connectivity index (χ4n) is 3.47. The average molecular weight is 373 g/mol. The third-order valence-corrected chi connectivity index (χ3v) is 5.79. The van der Waals surface area contributed by atoms with Gasteiger partial charge in [-0.2, -0.15) is 17.0 Å². The molecule has 0 amide bonds. The lowest BCUT2D eigenvalue weighted by Crippen LogP contribution is -2.34. The number of anilines is 1. The first-order valence-electron chi connectivity index (χ1n) is 8.40. The lowest BCUT2D eigenvalue weighted by molar-refractivity contribution is 0.0695. The minimum atomic E-state index is -1.35. The van der Waals surface area contributed by atoms with E-state index in [1.54, 1.807) is 16.3 Å². The average Bonchev–Trinajstić information content (AvgIpc) is 3.47. The van der Waals surface area contributed by atoms with Crippen LogP contribution in [-0.2, 0) is 0 Å². The van der Waals surface area contributed by atoms with E-state index >= 15 is 0 Å². The van der Waals surface area contributed by atoms with Crippen molar-refractivity contribution in [2.24, 2.45) is 0 Å². The molecule has 134 valence electrons. The van der Waals surface area contributed by atoms with E-state index in [-0.39, 0.29) is 22.7 Å². The number of rotatable bonds is 3. The van der Waals surface area contributed by atoms with Crippen molar-refractivity contribution in [3.63, 3.8) is 0 Å². The third-order valence-electron chi connectivity index (χ3n) is 4.85. The van der Waals surface area contributed by atoms with E-state index in [1.807, 2.05) is 4.90 Å². The first-order chi connectivity index (χ1) is 12.5. The molecule has 0 spiro atoms. The Balaban J connectivity index is 2.08. The predicted molar refractivity (Wildman–Crippen MR) is 97.6 cm³/mol. The van der Waals surface area contributed by atoms with Gasteiger partial charge in [-0.3, -0.25) is 4.79 Å². The van der Waals surface area contributed by atoms with Crippen molar-refractivity contribution in [1.82, 2.24) is 4.57 Å². The highest BCUT2D eigenvalue weighted by Gasteiger charge is 2.31. The molecule has 6 nitrogen and oxygen atoms in total. The fraction of sp³-hybridized carbons (Fsp3) is 0.389. The number of carboxylic acid groups (broad SMARTS) is 1. The summed E-state index contributed by atoms with van der Waals surface area (Å²) in [4.78, 5) is 25.9. The van der Waals surface area contributed by atoms with Crippen LogP contribution in [0.4, 0.5) is 10.1 Å². The smallest absolute Gasteiger partial charge is 0.341 e. The highest BCUT2D eigenvalue weighted by atomic mass is 32.2. The van der Waals surface area contributed by atoms with E-state index in [1.165, 1.54) is 6.20 Å². The van der Waals surface area contributed by atoms with Crippen LogP contribution < -0.4 is 10.3 Å². The quantitative estimate of drug-likeness (QED) is 0.890. The minimum absolute atomic E-state index is 0.0403. The number of aromatic nitrogens is 1. The second kappa shape index (κ2) is 6.32. The van der Waals surface area contributed by atoms with Gasteiger partial charge in [-0.1, -0.05) is 0 Å². The van der Waals surface area contributed by atoms with Crippen LogP contribution in [0.1, 0.15) is 34.8 Å². The predicted octanol–water partition coefficient (Wildman–Crippen LogP) is 2.60. The zero-order valence-electron chi connectivity index (χ0n) is 13.9. The monoisotopic (exact) mass is 373 g/mol. The van der Waals surface area contributed by atoms with Gasteiger partial charge in [0.25, 0.3) is 0 Å². The Morgan fingerprint density at radius 2 is 2.04 bits per heavy atom. The molecule has 1 aromatic heterocycles. The largest absolute Gasteiger partial charge is 0.477 e. The summed E-state index contributed by atoms with van der Waals surface area (Å²) in [6, 6.07) is 3.22. The molecular formula is C18H16FN3O3S. The third kappa shape index (κ3) is 2.63. The number of carboxylic acids is 1. The van der Waals surface area contributed by atoms with Gasteiger partial charge >= 0.3 is 5.97 Å². The van der Waals surface area contributed by atoms with Crippen molar-refractivity contribution in [3.05, 3.63) is 39.4 Å². The molecule has 1 saturated carbocycles. The van der Waals surface area contributed by atoms with Crippen LogP contribution in [-0.4, -0.2) is 40.2 Å². The van der Waals surface area contributed by atoms with E-state index in [2.05, 4.69) is 6.07 Å². The van der Waals surface area contributed by atoms with Crippen LogP contribution >= 0.6 is 11.8 Å². The highest BCUT2D eigenvalue weighted by Crippen LogP contribution is 2.40. The molecule has 1 N–H and O–H groups in total. The maximum Gasteiger partial charge on any atom is 0.341 e. The molecule has 1 aliphatic heterocycles. The van der Waals surface area contributed by atoms with Crippen LogP contribution in [0.2, 0.25) is 0 Å². The van der Waals surface area contributed by atoms with Gasteiger partial charge in [0.15, 0.2) is 0 Å². The molecule has 2 fully saturated rings. The van der Waals surface area contributed by atoms with Crippen molar-refractivity contribution in [2.45, 2.75) is 18.9 Å². The van der Waals surface area contributed by atoms with Crippen molar-refractivity contribution >= 4 is 34.3 Å². The van der Waals surface area contributed by atoms with Crippen molar-refractivity contribution in [1.29, 1.82) is 5.26 Å². The minimum Gasteiger partial charge on any atom is -0.477 e. The Morgan fingerprint density at radius 1 is 1.35 bits per heavy atom. The fourth-order valence-corrected chi connectivity index (χ4v) is 4.38. The first-order valence-corrected chi connectivity index (χ1v) is 9.56. The first kappa shape index (κ1) is 16.9. The molecule has 2 aromatic rings. The van der Waals surface area contributed by atoms with Gasteiger partial charge in [0.05, 0.1) is 16.6 Å². The Morgan fingerprint density at radius 3 is 2.62 bits per heavy atom. The normalized spacial score (nSPS) is 17.3. The number of carbonyl (C=O) groups is 1. The van der Waals surface area contributed by atoms with Crippen LogP contribution in [0.3, 0.4) is 0 Å². The number of hydrogen-bond donors (Lipinski definition) is 1. The Hall–Kier alpha value is -2.53. The van der Waals surface area contributed by atoms with Gasteiger partial charge < -0.3 is 14.6 Å². The molecule has 1 saturated heterocycles. The number of nitrogens with zero attached hydrogens (tertiary/aromatic N) is 3. The van der Waals surface area contributed by atoms with Gasteiger partial charge in [-0.15, -0.1) is 0 Å². The molecule has 0 atom stereocenters. The molecule has 0 unspecified atom stereocenters. The highest BCUT2D eigenvalue weighted by molar-refractivity contribution is 7.99. The van der Waals surface area contributed by atoms with Gasteiger partial charge in [0.1, 0.15) is 23.0 Å². The molecule has 8 heteroatoms. The SMILES string of the molecule is N#Cc1c(N2CCSCC2)c(F)cc2c(=O)c(C(=O)O)cn(C3CC3)c12. The number of aromatic carboxylic acids is 1. The molecule has 2 heterocycles. The molecule has 0 bridgehead atoms. The number of benzene rings is 1. The summed E-state index contributed by atoms with van der Waals surface area (Å²) >= 11 is 1.77. The van der Waals surface area contributed by atoms with Crippen LogP contribution in [0.25, 0.3) is 10.9 Å². The summed E-state index contributed by atoms with van der Waals surface area (Å²) < 4.78 is 16.6. The summed E-state index contributed by atoms with van der Waals surface area (Å²) in [6.07, 6.45) is 2.99. The molecular weight excluding hydrogens is 357 g/mol. The van der Waals surface area contributed by atoms with E-state index < -0.39 is 22.8 Å². The lowest BCUT2D eigenvalue weighted by Gasteiger charge is -2.30. The Labute approximate surface area is 152 Å². The number of halogens is 1. The van der Waals surface area contributed by atoms with E-state index in [0.29, 0.717) is 18.6 Å². The van der Waals surface area contributed by atoms with Gasteiger partial charge in [0.2, 0.25) is 5.43 Å². The molecule has 26 heavy (non-hydrogen) atoms. The maximum atomic E-state index is 14.9. The summed E-state index contributed by atoms with van der Waals surface area (Å²) in [5.41, 5.74) is -0.458. The zero-order valence-corrected chi connectivity index (χ0v) is 14.7. The van der Waals surface area contributed by atoms with Crippen molar-refractivity contribution < 1.29 is 14.3 Å². The maximum absolute atomic E-state index is 14.9. The van der Waals surface area contributed by atoms with Crippen molar-refractivity contribution in [3.8, 4) is 6.07 Å². The number of pyridine rings is 1. The molecule has 1 aromatic carbocycles. The van der Waals surface area contributed by atoms with E-state index in [9.17, 15) is 24.3 Å². The Kier molecular flexibility index (Phi) is 4.11. The Bertz CT molecular complexity index is 1020. The van der Waals surface area contributed by atoms with Gasteiger partial charge in [0, 0.05) is 36.8 Å². The molecule has 4 rings (SSSR count). The summed E-state index contributed by atoms with van der Waals surface area (Å²) in [7, 11) is 0. The summed E-state index contributed by atoms with van der Waals surface area (Å²) in [5, 5.41) is 19.1. The number of hydrogen-bond acceptors (Lipinski definition) is 5. The number of thioether (sulfide) groups is 1. The summed E-state index contributed by atoms with van der Waals surface area (Å²) in [6.45, 7) is 1.26. The van der Waals surface area contributed by atoms with Crippen LogP contribution in [0.5, 0.6) is 0 Å². The second-order valence-electron chi connectivity index (χ2n) is 6.50. The zero-order chi connectivity index (χ0) is 18.4. The van der Waals surface area contributed by atoms with E-state index in [0.717, 1.165) is 30.4 Å². The van der Waals surface area contributed by atoms with Gasteiger partial charge in [-0.25, -0.2) is 9.18 Å². The number of nitriles is 1. The molecule has 2 aliphatic rings. The van der Waals surface area contributed by atoms with Gasteiger partial charge in [-0.05, 0) is 18.9 Å². The van der Waals surface area contributed by atoms with E-state index in [4.69, 9.17) is 0 Å². The molecule has 0 radical (unpaired) electrons. The van der Waals surface area contributed by atoms with Crippen LogP contribution in [0, 0.1) is 17.1 Å². The molecule has 1 aliphatic carbocycles. The summed E-state index contributed by atoms with van der Waals surface area (Å²) in [5.74, 6) is -0.309. The topological polar surface area (TPSA) is 86.3 Å². The standard InChI is InChI=1S/C18H16FN3O3S/c19-14-7-11-15(12(8-20)16(14)21-3-5-26-6-4-21)22(10-1-2-10)9-13(17(11)23)18(24)25/h7,9-10H,1-6H2,(H,24,25). The van der Waals surface area contributed by atoms with Crippen molar-refractivity contribution in [2.75, 3.05) is 29.5 Å². The van der Waals surface area contributed by atoms with Crippen LogP contribution in [0.15, 0.2) is 17.1 Å². The number of fused-ring (bicyclic) bond motifs is 1.